The molecule has 3 N–H and O–H groups in total. The van der Waals surface area contributed by atoms with Gasteiger partial charge >= 0.3 is 0 Å². The van der Waals surface area contributed by atoms with E-state index in [0.29, 0.717) is 18.5 Å². The fraction of sp³-hybridized carbons (Fsp3) is 0.417. The molecule has 1 amide bonds. The van der Waals surface area contributed by atoms with Crippen LogP contribution in [-0.4, -0.2) is 34.6 Å². The largest absolute Gasteiger partial charge is 0.392 e. The Kier molecular flexibility index (Phi) is 3.40. The van der Waals surface area contributed by atoms with E-state index >= 15 is 0 Å². The molecule has 1 aliphatic heterocycles. The van der Waals surface area contributed by atoms with Gasteiger partial charge in [-0.05, 0) is 12.5 Å². The van der Waals surface area contributed by atoms with E-state index in [9.17, 15) is 14.3 Å². The topological polar surface area (TPSA) is 66.6 Å². The second kappa shape index (κ2) is 4.81. The molecule has 5 heteroatoms. The fourth-order valence-corrected chi connectivity index (χ4v) is 2.20. The fourth-order valence-electron chi connectivity index (χ4n) is 2.20. The zero-order chi connectivity index (χ0) is 12.4. The van der Waals surface area contributed by atoms with Crippen LogP contribution in [0.2, 0.25) is 0 Å². The molecule has 2 unspecified atom stereocenters. The molecule has 92 valence electrons. The van der Waals surface area contributed by atoms with Crippen LogP contribution in [0.5, 0.6) is 0 Å². The van der Waals surface area contributed by atoms with Crippen molar-refractivity contribution in [2.24, 2.45) is 5.73 Å². The summed E-state index contributed by atoms with van der Waals surface area (Å²) in [7, 11) is 0. The number of rotatable bonds is 3. The summed E-state index contributed by atoms with van der Waals surface area (Å²) in [5.74, 6) is -0.782. The molecule has 1 saturated heterocycles. The number of hydrogen-bond donors (Lipinski definition) is 2. The number of carbonyl (C=O) groups is 1. The van der Waals surface area contributed by atoms with Crippen molar-refractivity contribution in [3.05, 3.63) is 35.6 Å². The lowest BCUT2D eigenvalue weighted by atomic mass is 10.1. The molecule has 0 aliphatic carbocycles. The lowest BCUT2D eigenvalue weighted by Crippen LogP contribution is -2.39. The summed E-state index contributed by atoms with van der Waals surface area (Å²) in [5.41, 5.74) is 5.76. The van der Waals surface area contributed by atoms with Crippen molar-refractivity contribution in [3.63, 3.8) is 0 Å². The second-order valence-corrected chi connectivity index (χ2v) is 4.33. The summed E-state index contributed by atoms with van der Waals surface area (Å²) in [5, 5.41) is 9.52. The van der Waals surface area contributed by atoms with Gasteiger partial charge in [-0.15, -0.1) is 0 Å². The molecule has 0 spiro atoms. The third-order valence-electron chi connectivity index (χ3n) is 3.04. The first kappa shape index (κ1) is 12.0. The number of carbonyl (C=O) groups excluding carboxylic acids is 1. The Hall–Kier alpha value is -1.46. The molecule has 0 saturated carbocycles. The van der Waals surface area contributed by atoms with Crippen LogP contribution in [0.1, 0.15) is 12.0 Å². The Morgan fingerprint density at radius 1 is 1.53 bits per heavy atom. The van der Waals surface area contributed by atoms with Crippen LogP contribution in [-0.2, 0) is 11.3 Å². The first-order valence-electron chi connectivity index (χ1n) is 5.52. The highest BCUT2D eigenvalue weighted by atomic mass is 19.1. The number of aliphatic hydroxyl groups is 1. The molecule has 1 heterocycles. The standard InChI is InChI=1S/C12H15FN2O2/c13-10-4-2-1-3-8(10)6-15-7-9(16)5-11(15)12(14)17/h1-4,9,11,16H,5-7H2,(H2,14,17). The highest BCUT2D eigenvalue weighted by molar-refractivity contribution is 5.80. The first-order chi connectivity index (χ1) is 8.08. The van der Waals surface area contributed by atoms with E-state index < -0.39 is 18.1 Å². The maximum atomic E-state index is 13.5. The van der Waals surface area contributed by atoms with Crippen LogP contribution in [0.3, 0.4) is 0 Å². The first-order valence-corrected chi connectivity index (χ1v) is 5.52. The minimum atomic E-state index is -0.570. The number of halogens is 1. The number of nitrogens with two attached hydrogens (primary N) is 1. The number of aliphatic hydroxyl groups excluding tert-OH is 1. The monoisotopic (exact) mass is 238 g/mol. The molecular weight excluding hydrogens is 223 g/mol. The van der Waals surface area contributed by atoms with Crippen LogP contribution in [0, 0.1) is 5.82 Å². The predicted octanol–water partition coefficient (Wildman–Crippen LogP) is 0.246. The molecule has 1 aliphatic rings. The van der Waals surface area contributed by atoms with E-state index in [4.69, 9.17) is 5.73 Å². The van der Waals surface area contributed by atoms with Crippen LogP contribution in [0.4, 0.5) is 4.39 Å². The van der Waals surface area contributed by atoms with Crippen molar-refractivity contribution in [2.45, 2.75) is 25.1 Å². The molecule has 0 aromatic heterocycles. The Bertz CT molecular complexity index is 425. The Morgan fingerprint density at radius 3 is 2.88 bits per heavy atom. The Labute approximate surface area is 98.8 Å². The quantitative estimate of drug-likeness (QED) is 0.793. The molecule has 2 rings (SSSR count). The lowest BCUT2D eigenvalue weighted by molar-refractivity contribution is -0.122. The molecule has 0 bridgehead atoms. The number of likely N-dealkylation sites (tertiary alicyclic amines) is 1. The van der Waals surface area contributed by atoms with E-state index in [2.05, 4.69) is 0 Å². The van der Waals surface area contributed by atoms with Crippen molar-refractivity contribution >= 4 is 5.91 Å². The van der Waals surface area contributed by atoms with Gasteiger partial charge in [-0.1, -0.05) is 18.2 Å². The third kappa shape index (κ3) is 2.62. The number of primary amides is 1. The second-order valence-electron chi connectivity index (χ2n) is 4.33. The third-order valence-corrected chi connectivity index (χ3v) is 3.04. The zero-order valence-electron chi connectivity index (χ0n) is 9.34. The Morgan fingerprint density at radius 2 is 2.24 bits per heavy atom. The smallest absolute Gasteiger partial charge is 0.234 e. The average molecular weight is 238 g/mol. The summed E-state index contributed by atoms with van der Waals surface area (Å²) >= 11 is 0. The van der Waals surface area contributed by atoms with Gasteiger partial charge < -0.3 is 10.8 Å². The van der Waals surface area contributed by atoms with E-state index in [1.807, 2.05) is 0 Å². The van der Waals surface area contributed by atoms with E-state index in [1.165, 1.54) is 6.07 Å². The highest BCUT2D eigenvalue weighted by Crippen LogP contribution is 2.21. The SMILES string of the molecule is NC(=O)C1CC(O)CN1Cc1ccccc1F. The van der Waals surface area contributed by atoms with Crippen LogP contribution in [0.25, 0.3) is 0 Å². The Balaban J connectivity index is 2.13. The summed E-state index contributed by atoms with van der Waals surface area (Å²) in [4.78, 5) is 12.9. The zero-order valence-corrected chi connectivity index (χ0v) is 9.34. The van der Waals surface area contributed by atoms with Gasteiger partial charge in [0.2, 0.25) is 5.91 Å². The van der Waals surface area contributed by atoms with Crippen molar-refractivity contribution in [2.75, 3.05) is 6.54 Å². The van der Waals surface area contributed by atoms with Gasteiger partial charge in [0.15, 0.2) is 0 Å². The van der Waals surface area contributed by atoms with Crippen molar-refractivity contribution < 1.29 is 14.3 Å². The molecule has 1 fully saturated rings. The van der Waals surface area contributed by atoms with Crippen molar-refractivity contribution in [3.8, 4) is 0 Å². The molecular formula is C12H15FN2O2. The van der Waals surface area contributed by atoms with Crippen molar-refractivity contribution in [1.82, 2.24) is 4.90 Å². The van der Waals surface area contributed by atoms with Gasteiger partial charge in [-0.3, -0.25) is 9.69 Å². The molecule has 0 radical (unpaired) electrons. The number of β-amino-alcohol motifs (C(OH)–C–C–N with tert-alkyl or cyclic N) is 1. The molecule has 4 nitrogen and oxygen atoms in total. The van der Waals surface area contributed by atoms with Gasteiger partial charge in [-0.25, -0.2) is 4.39 Å². The minimum Gasteiger partial charge on any atom is -0.392 e. The minimum absolute atomic E-state index is 0.289. The number of nitrogens with zero attached hydrogens (tertiary/aromatic N) is 1. The van der Waals surface area contributed by atoms with E-state index in [0.717, 1.165) is 0 Å². The summed E-state index contributed by atoms with van der Waals surface area (Å²) in [6.45, 7) is 0.638. The van der Waals surface area contributed by atoms with Gasteiger partial charge in [0.05, 0.1) is 12.1 Å². The molecule has 2 atom stereocenters. The molecule has 17 heavy (non-hydrogen) atoms. The van der Waals surface area contributed by atoms with Crippen molar-refractivity contribution in [1.29, 1.82) is 0 Å². The number of amides is 1. The van der Waals surface area contributed by atoms with Gasteiger partial charge in [-0.2, -0.15) is 0 Å². The van der Waals surface area contributed by atoms with E-state index in [1.54, 1.807) is 23.1 Å². The lowest BCUT2D eigenvalue weighted by Gasteiger charge is -2.21. The van der Waals surface area contributed by atoms with Gasteiger partial charge in [0.25, 0.3) is 0 Å². The normalized spacial score (nSPS) is 25.1. The molecule has 1 aromatic rings. The van der Waals surface area contributed by atoms with Crippen LogP contribution < -0.4 is 5.73 Å². The summed E-state index contributed by atoms with van der Waals surface area (Å²) in [6.07, 6.45) is -0.247. The summed E-state index contributed by atoms with van der Waals surface area (Å²) < 4.78 is 13.5. The van der Waals surface area contributed by atoms with Crippen LogP contribution in [0.15, 0.2) is 24.3 Å². The highest BCUT2D eigenvalue weighted by Gasteiger charge is 2.34. The predicted molar refractivity (Wildman–Crippen MR) is 60.4 cm³/mol. The maximum Gasteiger partial charge on any atom is 0.234 e. The van der Waals surface area contributed by atoms with Gasteiger partial charge in [0, 0.05) is 18.7 Å². The maximum absolute atomic E-state index is 13.5. The molecule has 1 aromatic carbocycles. The number of hydrogen-bond acceptors (Lipinski definition) is 3. The summed E-state index contributed by atoms with van der Waals surface area (Å²) in [6, 6.07) is 5.89. The van der Waals surface area contributed by atoms with Gasteiger partial charge in [0.1, 0.15) is 5.82 Å². The van der Waals surface area contributed by atoms with E-state index in [-0.39, 0.29) is 12.4 Å². The average Bonchev–Trinajstić information content (AvgIpc) is 2.63. The van der Waals surface area contributed by atoms with Crippen LogP contribution >= 0.6 is 0 Å². The number of benzene rings is 1.